The fraction of sp³-hybridized carbons (Fsp3) is 0. The summed E-state index contributed by atoms with van der Waals surface area (Å²) in [5, 5.41) is 9.94. The molecule has 0 bridgehead atoms. The van der Waals surface area contributed by atoms with Crippen LogP contribution < -0.4 is 0 Å². The summed E-state index contributed by atoms with van der Waals surface area (Å²) in [6, 6.07) is 75.7. The Labute approximate surface area is 363 Å². The molecule has 0 spiro atoms. The number of aromatic nitrogens is 2. The normalized spacial score (nSPS) is 11.8. The number of benzene rings is 10. The minimum absolute atomic E-state index is 1.08. The molecule has 0 amide bonds. The van der Waals surface area contributed by atoms with Crippen LogP contribution in [0.5, 0.6) is 0 Å². The average molecular weight is 895 g/mol. The van der Waals surface area contributed by atoms with E-state index in [0.29, 0.717) is 0 Å². The summed E-state index contributed by atoms with van der Waals surface area (Å²) in [5.74, 6) is 0. The Kier molecular flexibility index (Phi) is 8.19. The van der Waals surface area contributed by atoms with Crippen LogP contribution in [-0.4, -0.2) is 9.13 Å². The molecule has 2 heterocycles. The summed E-state index contributed by atoms with van der Waals surface area (Å²) in [4.78, 5) is 0. The Balaban J connectivity index is 0.975. The number of halogens is 2. The van der Waals surface area contributed by atoms with Crippen LogP contribution in [-0.2, 0) is 0 Å². The standard InChI is InChI=1S/C56H34Br2N2/c57-43-23-15-37(16-24-43)35-9-11-36(12-10-35)38-18-26-45(27-19-38)59-53-7-3-1-5-47(53)49-29-21-41(31-55(49)59)42-22-30-50-48-6-2-4-8-54(48)60(56(50)32-42)46-28-20-40-14-13-39-17-25-44(58)33-51(39)52(40)34-46/h1-34H. The average Bonchev–Trinajstić information content (AvgIpc) is 3.81. The lowest BCUT2D eigenvalue weighted by Gasteiger charge is -2.12. The van der Waals surface area contributed by atoms with Gasteiger partial charge in [-0.25, -0.2) is 0 Å². The highest BCUT2D eigenvalue weighted by molar-refractivity contribution is 9.10. The van der Waals surface area contributed by atoms with Crippen molar-refractivity contribution in [1.82, 2.24) is 9.13 Å². The van der Waals surface area contributed by atoms with E-state index >= 15 is 0 Å². The Morgan fingerprint density at radius 3 is 1.20 bits per heavy atom. The van der Waals surface area contributed by atoms with E-state index in [1.807, 2.05) is 0 Å². The second-order valence-corrected chi connectivity index (χ2v) is 17.5. The first-order valence-electron chi connectivity index (χ1n) is 20.2. The first-order chi connectivity index (χ1) is 29.5. The lowest BCUT2D eigenvalue weighted by atomic mass is 10.00. The molecule has 282 valence electrons. The first-order valence-corrected chi connectivity index (χ1v) is 21.8. The molecule has 12 aromatic rings. The highest BCUT2D eigenvalue weighted by atomic mass is 79.9. The van der Waals surface area contributed by atoms with E-state index in [-0.39, 0.29) is 0 Å². The fourth-order valence-electron chi connectivity index (χ4n) is 9.31. The van der Waals surface area contributed by atoms with E-state index in [1.54, 1.807) is 0 Å². The molecule has 0 radical (unpaired) electrons. The van der Waals surface area contributed by atoms with E-state index in [9.17, 15) is 0 Å². The fourth-order valence-corrected chi connectivity index (χ4v) is 9.93. The van der Waals surface area contributed by atoms with E-state index in [0.717, 1.165) is 20.3 Å². The summed E-state index contributed by atoms with van der Waals surface area (Å²) in [5.41, 5.74) is 14.2. The molecule has 0 aliphatic heterocycles. The molecule has 10 aromatic carbocycles. The van der Waals surface area contributed by atoms with Crippen molar-refractivity contribution in [2.24, 2.45) is 0 Å². The first kappa shape index (κ1) is 35.2. The lowest BCUT2D eigenvalue weighted by molar-refractivity contribution is 1.18. The molecule has 2 nitrogen and oxygen atoms in total. The van der Waals surface area contributed by atoms with E-state index in [2.05, 4.69) is 247 Å². The molecular formula is C56H34Br2N2. The predicted molar refractivity (Wildman–Crippen MR) is 262 cm³/mol. The molecule has 60 heavy (non-hydrogen) atoms. The van der Waals surface area contributed by atoms with Crippen LogP contribution in [0.4, 0.5) is 0 Å². The molecule has 0 fully saturated rings. The van der Waals surface area contributed by atoms with Gasteiger partial charge in [0.25, 0.3) is 0 Å². The Hall–Kier alpha value is -6.72. The van der Waals surface area contributed by atoms with Gasteiger partial charge in [-0.05, 0) is 128 Å². The second kappa shape index (κ2) is 13.9. The van der Waals surface area contributed by atoms with Crippen LogP contribution in [0.3, 0.4) is 0 Å². The van der Waals surface area contributed by atoms with Gasteiger partial charge >= 0.3 is 0 Å². The molecule has 0 aliphatic rings. The zero-order valence-corrected chi connectivity index (χ0v) is 35.5. The number of rotatable bonds is 5. The van der Waals surface area contributed by atoms with E-state index in [1.165, 1.54) is 98.5 Å². The molecule has 12 rings (SSSR count). The number of nitrogens with zero attached hydrogens (tertiary/aromatic N) is 2. The van der Waals surface area contributed by atoms with Gasteiger partial charge in [-0.1, -0.05) is 165 Å². The molecule has 0 atom stereocenters. The van der Waals surface area contributed by atoms with Gasteiger partial charge in [0.1, 0.15) is 0 Å². The monoisotopic (exact) mass is 892 g/mol. The number of hydrogen-bond acceptors (Lipinski definition) is 0. The van der Waals surface area contributed by atoms with Gasteiger partial charge in [0.15, 0.2) is 0 Å². The van der Waals surface area contributed by atoms with Gasteiger partial charge in [-0.2, -0.15) is 0 Å². The van der Waals surface area contributed by atoms with Crippen molar-refractivity contribution < 1.29 is 0 Å². The van der Waals surface area contributed by atoms with Gasteiger partial charge in [0, 0.05) is 41.9 Å². The maximum Gasteiger partial charge on any atom is 0.0547 e. The van der Waals surface area contributed by atoms with Crippen LogP contribution in [0.2, 0.25) is 0 Å². The minimum atomic E-state index is 1.08. The van der Waals surface area contributed by atoms with Crippen LogP contribution >= 0.6 is 31.9 Å². The zero-order valence-electron chi connectivity index (χ0n) is 32.3. The Bertz CT molecular complexity index is 3650. The van der Waals surface area contributed by atoms with Crippen molar-refractivity contribution in [1.29, 1.82) is 0 Å². The Morgan fingerprint density at radius 1 is 0.250 bits per heavy atom. The summed E-state index contributed by atoms with van der Waals surface area (Å²) >= 11 is 7.28. The summed E-state index contributed by atoms with van der Waals surface area (Å²) in [7, 11) is 0. The second-order valence-electron chi connectivity index (χ2n) is 15.6. The summed E-state index contributed by atoms with van der Waals surface area (Å²) in [6.07, 6.45) is 0. The topological polar surface area (TPSA) is 9.86 Å². The molecule has 2 aromatic heterocycles. The van der Waals surface area contributed by atoms with Crippen LogP contribution in [0.25, 0.3) is 110 Å². The van der Waals surface area contributed by atoms with Gasteiger partial charge < -0.3 is 9.13 Å². The van der Waals surface area contributed by atoms with E-state index in [4.69, 9.17) is 0 Å². The molecule has 0 saturated heterocycles. The maximum atomic E-state index is 3.73. The molecule has 0 aliphatic carbocycles. The van der Waals surface area contributed by atoms with E-state index < -0.39 is 0 Å². The number of fused-ring (bicyclic) bond motifs is 9. The minimum Gasteiger partial charge on any atom is -0.309 e. The summed E-state index contributed by atoms with van der Waals surface area (Å²) in [6.45, 7) is 0. The molecule has 0 N–H and O–H groups in total. The van der Waals surface area contributed by atoms with Gasteiger partial charge in [0.05, 0.1) is 22.1 Å². The largest absolute Gasteiger partial charge is 0.309 e. The zero-order chi connectivity index (χ0) is 39.9. The highest BCUT2D eigenvalue weighted by Crippen LogP contribution is 2.40. The third kappa shape index (κ3) is 5.74. The smallest absolute Gasteiger partial charge is 0.0547 e. The molecule has 0 saturated carbocycles. The van der Waals surface area contributed by atoms with Crippen molar-refractivity contribution in [3.8, 4) is 44.8 Å². The van der Waals surface area contributed by atoms with Gasteiger partial charge in [-0.3, -0.25) is 0 Å². The van der Waals surface area contributed by atoms with Crippen LogP contribution in [0.1, 0.15) is 0 Å². The van der Waals surface area contributed by atoms with Crippen LogP contribution in [0, 0.1) is 0 Å². The maximum absolute atomic E-state index is 3.73. The number of hydrogen-bond donors (Lipinski definition) is 0. The van der Waals surface area contributed by atoms with Gasteiger partial charge in [-0.15, -0.1) is 0 Å². The third-order valence-corrected chi connectivity index (χ3v) is 13.3. The van der Waals surface area contributed by atoms with Crippen LogP contribution in [0.15, 0.2) is 215 Å². The van der Waals surface area contributed by atoms with Gasteiger partial charge in [0.2, 0.25) is 0 Å². The van der Waals surface area contributed by atoms with Crippen molar-refractivity contribution in [3.63, 3.8) is 0 Å². The SMILES string of the molecule is Brc1ccc(-c2ccc(-c3ccc(-n4c5ccccc5c5ccc(-c6ccc7c8ccccc8n(-c8ccc9ccc%10ccc(Br)cc%10c9c8)c7c6)cc54)cc3)cc2)cc1. The molecule has 4 heteroatoms. The highest BCUT2D eigenvalue weighted by Gasteiger charge is 2.17. The van der Waals surface area contributed by atoms with Crippen molar-refractivity contribution in [3.05, 3.63) is 215 Å². The molecule has 0 unspecified atom stereocenters. The van der Waals surface area contributed by atoms with Crippen molar-refractivity contribution >= 4 is 97.0 Å². The quantitative estimate of drug-likeness (QED) is 0.152. The summed E-state index contributed by atoms with van der Waals surface area (Å²) < 4.78 is 7.03. The van der Waals surface area contributed by atoms with Crippen molar-refractivity contribution in [2.45, 2.75) is 0 Å². The number of para-hydroxylation sites is 2. The third-order valence-electron chi connectivity index (χ3n) is 12.2. The Morgan fingerprint density at radius 2 is 0.633 bits per heavy atom. The lowest BCUT2D eigenvalue weighted by Crippen LogP contribution is -1.95. The predicted octanol–water partition coefficient (Wildman–Crippen LogP) is 16.7. The van der Waals surface area contributed by atoms with Crippen molar-refractivity contribution in [2.75, 3.05) is 0 Å². The molecular weight excluding hydrogens is 860 g/mol.